The summed E-state index contributed by atoms with van der Waals surface area (Å²) in [5.74, 6) is -8.71. The number of methoxy groups -OCH3 is 1. The fraction of sp³-hybridized carbons (Fsp3) is 0.400. The zero-order valence-electron chi connectivity index (χ0n) is 35.0. The number of nitrogens with zero attached hydrogens (tertiary/aromatic N) is 2. The van der Waals surface area contributed by atoms with E-state index in [1.165, 1.54) is 59.4 Å². The summed E-state index contributed by atoms with van der Waals surface area (Å²) >= 11 is 0. The van der Waals surface area contributed by atoms with Crippen LogP contribution in [-0.4, -0.2) is 92.9 Å². The molecule has 0 aliphatic carbocycles. The van der Waals surface area contributed by atoms with Gasteiger partial charge in [0.2, 0.25) is 0 Å². The van der Waals surface area contributed by atoms with Crippen LogP contribution in [0.25, 0.3) is 10.8 Å². The van der Waals surface area contributed by atoms with Crippen LogP contribution in [-0.2, 0) is 23.8 Å². The fourth-order valence-electron chi connectivity index (χ4n) is 7.60. The van der Waals surface area contributed by atoms with Gasteiger partial charge in [0, 0.05) is 61.2 Å². The molecule has 3 aliphatic rings. The van der Waals surface area contributed by atoms with Crippen molar-refractivity contribution >= 4 is 46.5 Å². The molecule has 0 fully saturated rings. The first-order valence-corrected chi connectivity index (χ1v) is 19.5. The van der Waals surface area contributed by atoms with E-state index in [1.807, 2.05) is 18.2 Å². The van der Waals surface area contributed by atoms with Crippen LogP contribution in [0.3, 0.4) is 0 Å². The van der Waals surface area contributed by atoms with E-state index >= 15 is 0 Å². The van der Waals surface area contributed by atoms with Gasteiger partial charge in [-0.3, -0.25) is 14.4 Å². The van der Waals surface area contributed by atoms with E-state index in [2.05, 4.69) is 15.5 Å². The topological polar surface area (TPSA) is 226 Å². The molecule has 0 aromatic heterocycles. The van der Waals surface area contributed by atoms with Crippen molar-refractivity contribution in [1.82, 2.24) is 0 Å². The van der Waals surface area contributed by atoms with Crippen molar-refractivity contribution in [2.75, 3.05) is 12.4 Å². The first kappa shape index (κ1) is 45.1. The van der Waals surface area contributed by atoms with E-state index in [0.29, 0.717) is 5.56 Å². The molecule has 3 aromatic rings. The number of ether oxygens (including phenoxy) is 4. The number of esters is 1. The van der Waals surface area contributed by atoms with Gasteiger partial charge in [0.05, 0.1) is 59.2 Å². The minimum absolute atomic E-state index is 0.0282. The Morgan fingerprint density at radius 1 is 0.883 bits per heavy atom. The van der Waals surface area contributed by atoms with Crippen molar-refractivity contribution in [3.8, 4) is 23.0 Å². The zero-order chi connectivity index (χ0) is 44.2. The second kappa shape index (κ2) is 18.5. The number of rotatable bonds is 5. The Balaban J connectivity index is 1.71. The van der Waals surface area contributed by atoms with Gasteiger partial charge in [0.1, 0.15) is 23.4 Å². The maximum absolute atomic E-state index is 14.4. The van der Waals surface area contributed by atoms with Crippen LogP contribution >= 0.6 is 0 Å². The molecule has 0 unspecified atom stereocenters. The lowest BCUT2D eigenvalue weighted by molar-refractivity contribution is -0.160. The number of carbonyl (C=O) groups is 3. The van der Waals surface area contributed by atoms with Gasteiger partial charge in [-0.2, -0.15) is 10.2 Å². The molecule has 0 saturated heterocycles. The summed E-state index contributed by atoms with van der Waals surface area (Å²) < 4.78 is 23.5. The molecule has 6 rings (SSSR count). The summed E-state index contributed by atoms with van der Waals surface area (Å²) in [6.07, 6.45) is 5.95. The number of fused-ring (bicyclic) bond motifs is 14. The normalized spacial score (nSPS) is 29.9. The summed E-state index contributed by atoms with van der Waals surface area (Å²) in [6.45, 7) is 12.4. The van der Waals surface area contributed by atoms with Crippen LogP contribution in [0, 0.1) is 30.6 Å². The van der Waals surface area contributed by atoms with Crippen LogP contribution in [0.1, 0.15) is 75.5 Å². The van der Waals surface area contributed by atoms with Crippen LogP contribution in [0.5, 0.6) is 23.0 Å². The molecular weight excluding hydrogens is 775 g/mol. The van der Waals surface area contributed by atoms with Crippen LogP contribution in [0.2, 0.25) is 0 Å². The minimum atomic E-state index is -2.07. The molecule has 15 heteroatoms. The third-order valence-electron chi connectivity index (χ3n) is 11.3. The van der Waals surface area contributed by atoms with Crippen LogP contribution in [0.15, 0.2) is 76.7 Å². The lowest BCUT2D eigenvalue weighted by Crippen LogP contribution is -2.46. The number of hydrogen-bond acceptors (Lipinski definition) is 14. The van der Waals surface area contributed by atoms with Gasteiger partial charge in [0.15, 0.2) is 5.75 Å². The summed E-state index contributed by atoms with van der Waals surface area (Å²) in [7, 11) is 1.43. The summed E-state index contributed by atoms with van der Waals surface area (Å²) in [5, 5.41) is 68.3. The average Bonchev–Trinajstić information content (AvgIpc) is 3.48. The lowest BCUT2D eigenvalue weighted by Gasteiger charge is -2.38. The van der Waals surface area contributed by atoms with E-state index in [9.17, 15) is 39.9 Å². The number of ketones is 1. The zero-order valence-corrected chi connectivity index (χ0v) is 35.0. The Morgan fingerprint density at radius 3 is 2.20 bits per heavy atom. The monoisotopic (exact) mass is 827 g/mol. The van der Waals surface area contributed by atoms with Gasteiger partial charge < -0.3 is 49.8 Å². The number of benzene rings is 3. The maximum Gasteiger partial charge on any atom is 0.312 e. The highest BCUT2D eigenvalue weighted by Crippen LogP contribution is 2.55. The molecule has 5 bridgehead atoms. The smallest absolute Gasteiger partial charge is 0.312 e. The number of amides is 1. The number of aliphatic hydroxyl groups excluding tert-OH is 2. The first-order chi connectivity index (χ1) is 28.3. The standard InChI is InChI=1S/C45H53N3O12/c1-22-14-13-15-23(2)44(56)48-35-30(21-47-46-20-29-16-11-10-12-17-29)39(53)32-33(40(35)54)38(52)27(6)42-34(32)43(55)45(8,60-42)58-19-18-31(57-9)24(3)41(59-28(7)49)26(5)37(51)25(4)36(22)50/h10-22,24-26,31,36-37,41,50-54H,1-9H3,(H,48,56)/b14-13+,19-18+,23-15+,46-20+,47-21+/t22-,24+,25+,26+,31-,36-,37+,41+,45-/m0/s1. The Labute approximate surface area is 348 Å². The van der Waals surface area contributed by atoms with Gasteiger partial charge in [-0.05, 0) is 25.5 Å². The van der Waals surface area contributed by atoms with Gasteiger partial charge in [0.25, 0.3) is 11.7 Å². The Morgan fingerprint density at radius 2 is 1.55 bits per heavy atom. The van der Waals surface area contributed by atoms with E-state index in [4.69, 9.17) is 18.9 Å². The third kappa shape index (κ3) is 8.93. The fourth-order valence-corrected chi connectivity index (χ4v) is 7.60. The number of anilines is 1. The van der Waals surface area contributed by atoms with Crippen molar-refractivity contribution in [2.45, 2.75) is 85.6 Å². The number of allylic oxidation sites excluding steroid dienone is 2. The van der Waals surface area contributed by atoms with E-state index in [1.54, 1.807) is 52.0 Å². The molecule has 0 saturated carbocycles. The van der Waals surface area contributed by atoms with E-state index in [-0.39, 0.29) is 44.5 Å². The number of carbonyl (C=O) groups excluding carboxylic acids is 3. The summed E-state index contributed by atoms with van der Waals surface area (Å²) in [6, 6.07) is 9.03. The number of phenols is 3. The van der Waals surface area contributed by atoms with E-state index in [0.717, 1.165) is 6.21 Å². The van der Waals surface area contributed by atoms with Crippen molar-refractivity contribution in [3.63, 3.8) is 0 Å². The van der Waals surface area contributed by atoms with Crippen molar-refractivity contribution in [1.29, 1.82) is 0 Å². The van der Waals surface area contributed by atoms with Gasteiger partial charge in [-0.1, -0.05) is 76.3 Å². The SMILES string of the molecule is CO[C@H]1/C=C/O[C@@]2(C)Oc3c(C)c(O)c4c(O)c(c(/C=N/N=C/c5ccccc5)c(O)c4c3C2=O)NC(=O)/C(C)=C/C=C/[C@H](C)[C@H](O)[C@@H](C)[C@@H](O)[C@@H](C)[C@H](OC(C)=O)[C@@H]1C. The first-order valence-electron chi connectivity index (χ1n) is 19.5. The van der Waals surface area contributed by atoms with Crippen molar-refractivity contribution < 1.29 is 58.9 Å². The third-order valence-corrected chi connectivity index (χ3v) is 11.3. The molecule has 60 heavy (non-hydrogen) atoms. The number of hydrogen-bond donors (Lipinski definition) is 6. The molecule has 0 spiro atoms. The highest BCUT2D eigenvalue weighted by molar-refractivity contribution is 6.23. The van der Waals surface area contributed by atoms with Gasteiger partial charge in [-0.15, -0.1) is 0 Å². The molecule has 9 atom stereocenters. The Hall–Kier alpha value is -6.03. The second-order valence-corrected chi connectivity index (χ2v) is 15.5. The molecule has 15 nitrogen and oxygen atoms in total. The predicted molar refractivity (Wildman–Crippen MR) is 225 cm³/mol. The number of aromatic hydroxyl groups is 3. The van der Waals surface area contributed by atoms with E-state index < -0.39 is 88.8 Å². The molecule has 3 heterocycles. The lowest BCUT2D eigenvalue weighted by atomic mass is 9.78. The quantitative estimate of drug-likeness (QED) is 0.0555. The van der Waals surface area contributed by atoms with Gasteiger partial charge >= 0.3 is 11.8 Å². The predicted octanol–water partition coefficient (Wildman–Crippen LogP) is 6.21. The largest absolute Gasteiger partial charge is 0.507 e. The Kier molecular flexibility index (Phi) is 13.9. The van der Waals surface area contributed by atoms with Crippen LogP contribution < -0.4 is 10.1 Å². The number of phenolic OH excluding ortho intramolecular Hbond substituents is 3. The molecular formula is C45H53N3O12. The highest BCUT2D eigenvalue weighted by Gasteiger charge is 2.50. The molecule has 3 aliphatic heterocycles. The summed E-state index contributed by atoms with van der Waals surface area (Å²) in [4.78, 5) is 40.4. The number of nitrogens with one attached hydrogen (secondary N) is 1. The van der Waals surface area contributed by atoms with Gasteiger partial charge in [-0.25, -0.2) is 0 Å². The second-order valence-electron chi connectivity index (χ2n) is 15.5. The molecule has 320 valence electrons. The molecule has 3 aromatic carbocycles. The number of aliphatic hydroxyl groups is 2. The van der Waals surface area contributed by atoms with Crippen molar-refractivity contribution in [3.05, 3.63) is 88.7 Å². The van der Waals surface area contributed by atoms with Crippen LogP contribution in [0.4, 0.5) is 5.69 Å². The number of Topliss-reactive ketones (excluding diaryl/α,β-unsaturated/α-hetero) is 1. The average molecular weight is 828 g/mol. The molecule has 1 amide bonds. The molecule has 6 N–H and O–H groups in total. The molecule has 0 radical (unpaired) electrons. The summed E-state index contributed by atoms with van der Waals surface area (Å²) in [5.41, 5.74) is 0.0665. The minimum Gasteiger partial charge on any atom is -0.507 e. The van der Waals surface area contributed by atoms with Crippen molar-refractivity contribution in [2.24, 2.45) is 33.9 Å². The Bertz CT molecular complexity index is 2280. The highest BCUT2D eigenvalue weighted by atomic mass is 16.7. The maximum atomic E-state index is 14.4.